The summed E-state index contributed by atoms with van der Waals surface area (Å²) in [7, 11) is 3.12. The maximum atomic E-state index is 12.6. The molecule has 21 heavy (non-hydrogen) atoms. The number of amides is 1. The summed E-state index contributed by atoms with van der Waals surface area (Å²) in [6, 6.07) is 0. The van der Waals surface area contributed by atoms with Crippen molar-refractivity contribution in [2.24, 2.45) is 13.0 Å². The summed E-state index contributed by atoms with van der Waals surface area (Å²) in [6.45, 7) is 3.02. The number of anilines is 1. The molecule has 1 aliphatic heterocycles. The monoisotopic (exact) mass is 294 g/mol. The molecule has 0 saturated carbocycles. The highest BCUT2D eigenvalue weighted by molar-refractivity contribution is 5.98. The third kappa shape index (κ3) is 2.86. The fraction of sp³-hybridized carbons (Fsp3) is 0.643. The van der Waals surface area contributed by atoms with Crippen molar-refractivity contribution in [3.05, 3.63) is 11.4 Å². The number of ether oxygens (including phenoxy) is 1. The summed E-state index contributed by atoms with van der Waals surface area (Å²) in [6.07, 6.45) is 1.94. The number of rotatable bonds is 3. The second-order valence-electron chi connectivity index (χ2n) is 5.28. The first-order valence-electron chi connectivity index (χ1n) is 7.18. The number of piperidine rings is 1. The molecule has 7 nitrogen and oxygen atoms in total. The summed E-state index contributed by atoms with van der Waals surface area (Å²) in [5.74, 6) is -0.435. The summed E-state index contributed by atoms with van der Waals surface area (Å²) >= 11 is 0. The molecule has 1 amide bonds. The van der Waals surface area contributed by atoms with E-state index in [0.29, 0.717) is 43.7 Å². The van der Waals surface area contributed by atoms with Crippen LogP contribution < -0.4 is 5.73 Å². The maximum absolute atomic E-state index is 12.6. The number of aryl methyl sites for hydroxylation is 2. The van der Waals surface area contributed by atoms with Crippen molar-refractivity contribution in [3.8, 4) is 0 Å². The van der Waals surface area contributed by atoms with Gasteiger partial charge in [0.25, 0.3) is 5.91 Å². The van der Waals surface area contributed by atoms with E-state index in [-0.39, 0.29) is 17.8 Å². The van der Waals surface area contributed by atoms with Gasteiger partial charge in [0.15, 0.2) is 0 Å². The Morgan fingerprint density at radius 1 is 1.38 bits per heavy atom. The van der Waals surface area contributed by atoms with Gasteiger partial charge < -0.3 is 15.4 Å². The number of carbonyl (C=O) groups excluding carboxylic acids is 2. The normalized spacial score (nSPS) is 16.0. The lowest BCUT2D eigenvalue weighted by atomic mass is 9.97. The molecule has 0 radical (unpaired) electrons. The van der Waals surface area contributed by atoms with E-state index in [1.807, 2.05) is 6.92 Å². The van der Waals surface area contributed by atoms with Crippen LogP contribution in [-0.4, -0.2) is 46.8 Å². The zero-order chi connectivity index (χ0) is 15.6. The lowest BCUT2D eigenvalue weighted by Crippen LogP contribution is -2.41. The SMILES string of the molecule is CCc1nn(C)c(C(=O)N2CCC(C(=O)OC)CC2)c1N. The first-order valence-corrected chi connectivity index (χ1v) is 7.18. The molecule has 1 aliphatic rings. The number of hydrogen-bond donors (Lipinski definition) is 1. The van der Waals surface area contributed by atoms with Crippen molar-refractivity contribution in [1.82, 2.24) is 14.7 Å². The van der Waals surface area contributed by atoms with Crippen LogP contribution in [0.1, 0.15) is 35.9 Å². The van der Waals surface area contributed by atoms with Gasteiger partial charge in [-0.05, 0) is 19.3 Å². The van der Waals surface area contributed by atoms with Crippen LogP contribution in [0.4, 0.5) is 5.69 Å². The van der Waals surface area contributed by atoms with E-state index < -0.39 is 0 Å². The summed E-state index contributed by atoms with van der Waals surface area (Å²) < 4.78 is 6.29. The Morgan fingerprint density at radius 2 is 2.00 bits per heavy atom. The summed E-state index contributed by atoms with van der Waals surface area (Å²) in [4.78, 5) is 25.8. The van der Waals surface area contributed by atoms with Crippen molar-refractivity contribution in [2.75, 3.05) is 25.9 Å². The molecule has 116 valence electrons. The number of nitrogen functional groups attached to an aromatic ring is 1. The van der Waals surface area contributed by atoms with Gasteiger partial charge in [-0.3, -0.25) is 14.3 Å². The highest BCUT2D eigenvalue weighted by Crippen LogP contribution is 2.23. The topological polar surface area (TPSA) is 90.5 Å². The van der Waals surface area contributed by atoms with Crippen molar-refractivity contribution in [3.63, 3.8) is 0 Å². The van der Waals surface area contributed by atoms with Gasteiger partial charge in [-0.2, -0.15) is 5.10 Å². The van der Waals surface area contributed by atoms with Crippen molar-refractivity contribution < 1.29 is 14.3 Å². The number of methoxy groups -OCH3 is 1. The van der Waals surface area contributed by atoms with Gasteiger partial charge in [0, 0.05) is 20.1 Å². The molecule has 0 aliphatic carbocycles. The van der Waals surface area contributed by atoms with Crippen LogP contribution in [0.2, 0.25) is 0 Å². The molecular weight excluding hydrogens is 272 g/mol. The maximum Gasteiger partial charge on any atom is 0.308 e. The molecule has 1 fully saturated rings. The Morgan fingerprint density at radius 3 is 2.48 bits per heavy atom. The van der Waals surface area contributed by atoms with E-state index in [9.17, 15) is 9.59 Å². The van der Waals surface area contributed by atoms with Gasteiger partial charge in [-0.1, -0.05) is 6.92 Å². The summed E-state index contributed by atoms with van der Waals surface area (Å²) in [5, 5.41) is 4.27. The lowest BCUT2D eigenvalue weighted by Gasteiger charge is -2.30. The Labute approximate surface area is 124 Å². The van der Waals surface area contributed by atoms with Gasteiger partial charge in [0.05, 0.1) is 24.4 Å². The minimum Gasteiger partial charge on any atom is -0.469 e. The van der Waals surface area contributed by atoms with Gasteiger partial charge in [-0.25, -0.2) is 0 Å². The van der Waals surface area contributed by atoms with Crippen molar-refractivity contribution in [2.45, 2.75) is 26.2 Å². The smallest absolute Gasteiger partial charge is 0.308 e. The number of hydrogen-bond acceptors (Lipinski definition) is 5. The first-order chi connectivity index (χ1) is 9.99. The number of nitrogens with zero attached hydrogens (tertiary/aromatic N) is 3. The first kappa shape index (κ1) is 15.3. The molecule has 0 unspecified atom stereocenters. The number of aromatic nitrogens is 2. The largest absolute Gasteiger partial charge is 0.469 e. The average Bonchev–Trinajstić information content (AvgIpc) is 2.80. The minimum atomic E-state index is -0.199. The van der Waals surface area contributed by atoms with E-state index in [1.54, 1.807) is 16.6 Å². The Balaban J connectivity index is 2.09. The molecule has 0 atom stereocenters. The van der Waals surface area contributed by atoms with Crippen molar-refractivity contribution >= 4 is 17.6 Å². The molecule has 1 aromatic heterocycles. The van der Waals surface area contributed by atoms with E-state index in [2.05, 4.69) is 5.10 Å². The highest BCUT2D eigenvalue weighted by atomic mass is 16.5. The van der Waals surface area contributed by atoms with Crippen LogP contribution >= 0.6 is 0 Å². The van der Waals surface area contributed by atoms with E-state index in [1.165, 1.54) is 7.11 Å². The van der Waals surface area contributed by atoms with Crippen molar-refractivity contribution in [1.29, 1.82) is 0 Å². The van der Waals surface area contributed by atoms with Gasteiger partial charge >= 0.3 is 5.97 Å². The number of carbonyl (C=O) groups is 2. The quantitative estimate of drug-likeness (QED) is 0.824. The summed E-state index contributed by atoms with van der Waals surface area (Å²) in [5.41, 5.74) is 7.65. The third-order valence-corrected chi connectivity index (χ3v) is 4.01. The van der Waals surface area contributed by atoms with Crippen LogP contribution in [-0.2, 0) is 23.0 Å². The molecule has 0 spiro atoms. The zero-order valence-corrected chi connectivity index (χ0v) is 12.8. The molecule has 0 aromatic carbocycles. The van der Waals surface area contributed by atoms with Crippen LogP contribution in [0.25, 0.3) is 0 Å². The van der Waals surface area contributed by atoms with Crippen LogP contribution in [0.15, 0.2) is 0 Å². The van der Waals surface area contributed by atoms with Crippen LogP contribution in [0.5, 0.6) is 0 Å². The van der Waals surface area contributed by atoms with Crippen LogP contribution in [0.3, 0.4) is 0 Å². The Bertz CT molecular complexity index is 545. The molecule has 7 heteroatoms. The Hall–Kier alpha value is -2.05. The molecule has 2 heterocycles. The number of nitrogens with two attached hydrogens (primary N) is 1. The molecular formula is C14H22N4O3. The predicted octanol–water partition coefficient (Wildman–Crippen LogP) is 0.590. The van der Waals surface area contributed by atoms with E-state index in [4.69, 9.17) is 10.5 Å². The second kappa shape index (κ2) is 6.15. The average molecular weight is 294 g/mol. The van der Waals surface area contributed by atoms with Crippen LogP contribution in [0, 0.1) is 5.92 Å². The lowest BCUT2D eigenvalue weighted by molar-refractivity contribution is -0.146. The number of likely N-dealkylation sites (tertiary alicyclic amines) is 1. The molecule has 0 bridgehead atoms. The predicted molar refractivity (Wildman–Crippen MR) is 77.6 cm³/mol. The van der Waals surface area contributed by atoms with E-state index >= 15 is 0 Å². The zero-order valence-electron chi connectivity index (χ0n) is 12.8. The third-order valence-electron chi connectivity index (χ3n) is 4.01. The Kier molecular flexibility index (Phi) is 4.50. The second-order valence-corrected chi connectivity index (χ2v) is 5.28. The molecule has 2 rings (SSSR count). The van der Waals surface area contributed by atoms with Gasteiger partial charge in [0.2, 0.25) is 0 Å². The fourth-order valence-corrected chi connectivity index (χ4v) is 2.75. The fourth-order valence-electron chi connectivity index (χ4n) is 2.75. The van der Waals surface area contributed by atoms with Gasteiger partial charge in [-0.15, -0.1) is 0 Å². The highest BCUT2D eigenvalue weighted by Gasteiger charge is 2.30. The van der Waals surface area contributed by atoms with Gasteiger partial charge in [0.1, 0.15) is 5.69 Å². The molecule has 1 saturated heterocycles. The van der Waals surface area contributed by atoms with E-state index in [0.717, 1.165) is 5.69 Å². The molecule has 1 aromatic rings. The standard InChI is InChI=1S/C14H22N4O3/c1-4-10-11(15)12(17(2)16-10)13(19)18-7-5-9(6-8-18)14(20)21-3/h9H,4-8,15H2,1-3H3. The molecule has 2 N–H and O–H groups in total. The minimum absolute atomic E-state index is 0.117. The number of esters is 1.